The van der Waals surface area contributed by atoms with Crippen molar-refractivity contribution in [1.82, 2.24) is 10.2 Å². The first-order valence-electron chi connectivity index (χ1n) is 8.56. The molecule has 1 aliphatic rings. The number of nitrogens with zero attached hydrogens (tertiary/aromatic N) is 1. The molecule has 1 aromatic rings. The number of ether oxygens (including phenoxy) is 1. The maximum absolute atomic E-state index is 12.3. The lowest BCUT2D eigenvalue weighted by atomic mass is 10.1. The largest absolute Gasteiger partial charge is 0.444 e. The van der Waals surface area contributed by atoms with Crippen LogP contribution in [0.25, 0.3) is 0 Å². The van der Waals surface area contributed by atoms with Crippen LogP contribution in [0.4, 0.5) is 4.79 Å². The van der Waals surface area contributed by atoms with E-state index in [4.69, 9.17) is 4.74 Å². The lowest BCUT2D eigenvalue weighted by Crippen LogP contribution is -2.44. The number of amides is 1. The number of carbonyl (C=O) groups excluding carboxylic acids is 1. The number of hydrogen-bond donors (Lipinski definition) is 1. The van der Waals surface area contributed by atoms with Crippen LogP contribution in [-0.2, 0) is 4.74 Å². The van der Waals surface area contributed by atoms with Crippen molar-refractivity contribution in [2.24, 2.45) is 0 Å². The van der Waals surface area contributed by atoms with Crippen molar-refractivity contribution in [3.63, 3.8) is 0 Å². The lowest BCUT2D eigenvalue weighted by molar-refractivity contribution is 0.0225. The highest BCUT2D eigenvalue weighted by molar-refractivity contribution is 5.69. The van der Waals surface area contributed by atoms with Crippen LogP contribution in [0.2, 0.25) is 0 Å². The monoisotopic (exact) mass is 318 g/mol. The fraction of sp³-hybridized carbons (Fsp3) is 0.632. The van der Waals surface area contributed by atoms with E-state index < -0.39 is 5.60 Å². The van der Waals surface area contributed by atoms with Gasteiger partial charge in [0.25, 0.3) is 0 Å². The van der Waals surface area contributed by atoms with Crippen molar-refractivity contribution < 1.29 is 9.53 Å². The smallest absolute Gasteiger partial charge is 0.410 e. The Balaban J connectivity index is 1.88. The highest BCUT2D eigenvalue weighted by Gasteiger charge is 2.32. The molecule has 1 heterocycles. The number of hydrogen-bond acceptors (Lipinski definition) is 3. The molecule has 1 fully saturated rings. The Kier molecular flexibility index (Phi) is 5.69. The van der Waals surface area contributed by atoms with Gasteiger partial charge < -0.3 is 15.0 Å². The molecule has 0 saturated carbocycles. The zero-order chi connectivity index (χ0) is 17.0. The van der Waals surface area contributed by atoms with Crippen molar-refractivity contribution in [3.05, 3.63) is 35.4 Å². The zero-order valence-electron chi connectivity index (χ0n) is 15.1. The first kappa shape index (κ1) is 17.8. The van der Waals surface area contributed by atoms with Crippen LogP contribution in [0, 0.1) is 6.92 Å². The van der Waals surface area contributed by atoms with Crippen LogP contribution >= 0.6 is 0 Å². The standard InChI is InChI=1S/C19H30N2O2/c1-14-8-10-16(11-9-14)15(2)20-13-17-7-6-12-21(17)18(22)23-19(3,4)5/h8-11,15,17,20H,6-7,12-13H2,1-5H3/t15-,17?/m1/s1. The molecule has 0 aromatic heterocycles. The SMILES string of the molecule is Cc1ccc([C@@H](C)NCC2CCCN2C(=O)OC(C)(C)C)cc1. The van der Waals surface area contributed by atoms with E-state index in [1.807, 2.05) is 25.7 Å². The molecule has 1 unspecified atom stereocenters. The van der Waals surface area contributed by atoms with Gasteiger partial charge in [-0.2, -0.15) is 0 Å². The third-order valence-corrected chi connectivity index (χ3v) is 4.24. The summed E-state index contributed by atoms with van der Waals surface area (Å²) in [6.45, 7) is 11.6. The first-order chi connectivity index (χ1) is 10.8. The molecule has 1 N–H and O–H groups in total. The molecule has 1 aromatic carbocycles. The van der Waals surface area contributed by atoms with Gasteiger partial charge >= 0.3 is 6.09 Å². The molecule has 2 rings (SSSR count). The van der Waals surface area contributed by atoms with E-state index >= 15 is 0 Å². The second-order valence-electron chi connectivity index (χ2n) is 7.51. The van der Waals surface area contributed by atoms with Gasteiger partial charge in [0.1, 0.15) is 5.60 Å². The maximum atomic E-state index is 12.3. The second kappa shape index (κ2) is 7.35. The molecule has 4 heteroatoms. The topological polar surface area (TPSA) is 41.6 Å². The maximum Gasteiger partial charge on any atom is 0.410 e. The van der Waals surface area contributed by atoms with E-state index in [9.17, 15) is 4.79 Å². The van der Waals surface area contributed by atoms with Crippen molar-refractivity contribution in [2.75, 3.05) is 13.1 Å². The Labute approximate surface area is 140 Å². The number of nitrogens with one attached hydrogen (secondary N) is 1. The van der Waals surface area contributed by atoms with Crippen LogP contribution in [-0.4, -0.2) is 35.7 Å². The fourth-order valence-corrected chi connectivity index (χ4v) is 2.89. The van der Waals surface area contributed by atoms with Crippen molar-refractivity contribution in [3.8, 4) is 0 Å². The van der Waals surface area contributed by atoms with Gasteiger partial charge in [0.05, 0.1) is 0 Å². The van der Waals surface area contributed by atoms with E-state index in [0.717, 1.165) is 25.9 Å². The van der Waals surface area contributed by atoms with E-state index in [1.54, 1.807) is 0 Å². The van der Waals surface area contributed by atoms with Crippen LogP contribution in [0.1, 0.15) is 57.7 Å². The summed E-state index contributed by atoms with van der Waals surface area (Å²) in [6, 6.07) is 9.08. The summed E-state index contributed by atoms with van der Waals surface area (Å²) in [5.74, 6) is 0. The minimum atomic E-state index is -0.438. The predicted octanol–water partition coefficient (Wildman–Crippen LogP) is 4.05. The Hall–Kier alpha value is -1.55. The minimum absolute atomic E-state index is 0.190. The van der Waals surface area contributed by atoms with Crippen LogP contribution < -0.4 is 5.32 Å². The van der Waals surface area contributed by atoms with Gasteiger partial charge in [0.15, 0.2) is 0 Å². The molecular formula is C19H30N2O2. The highest BCUT2D eigenvalue weighted by Crippen LogP contribution is 2.21. The lowest BCUT2D eigenvalue weighted by Gasteiger charge is -2.29. The summed E-state index contributed by atoms with van der Waals surface area (Å²) in [6.07, 6.45) is 1.89. The zero-order valence-corrected chi connectivity index (χ0v) is 15.1. The summed E-state index contributed by atoms with van der Waals surface area (Å²) < 4.78 is 5.52. The predicted molar refractivity (Wildman–Crippen MR) is 93.6 cm³/mol. The second-order valence-corrected chi connectivity index (χ2v) is 7.51. The number of rotatable bonds is 4. The summed E-state index contributed by atoms with van der Waals surface area (Å²) in [5.41, 5.74) is 2.11. The Morgan fingerprint density at radius 2 is 2.00 bits per heavy atom. The molecule has 0 bridgehead atoms. The molecule has 0 aliphatic carbocycles. The molecule has 1 aliphatic heterocycles. The average Bonchev–Trinajstić information content (AvgIpc) is 2.92. The molecule has 1 saturated heterocycles. The summed E-state index contributed by atoms with van der Waals surface area (Å²) >= 11 is 0. The van der Waals surface area contributed by atoms with Crippen molar-refractivity contribution in [2.45, 2.75) is 65.1 Å². The molecule has 23 heavy (non-hydrogen) atoms. The fourth-order valence-electron chi connectivity index (χ4n) is 2.89. The van der Waals surface area contributed by atoms with Gasteiger partial charge in [-0.15, -0.1) is 0 Å². The van der Waals surface area contributed by atoms with E-state index in [-0.39, 0.29) is 18.2 Å². The number of likely N-dealkylation sites (tertiary alicyclic amines) is 1. The highest BCUT2D eigenvalue weighted by atomic mass is 16.6. The summed E-state index contributed by atoms with van der Waals surface area (Å²) in [5, 5.41) is 3.56. The molecule has 2 atom stereocenters. The third-order valence-electron chi connectivity index (χ3n) is 4.24. The number of carbonyl (C=O) groups is 1. The van der Waals surface area contributed by atoms with Gasteiger partial charge in [0, 0.05) is 25.2 Å². The van der Waals surface area contributed by atoms with Crippen molar-refractivity contribution >= 4 is 6.09 Å². The van der Waals surface area contributed by atoms with Gasteiger partial charge in [-0.3, -0.25) is 0 Å². The molecular weight excluding hydrogens is 288 g/mol. The first-order valence-corrected chi connectivity index (χ1v) is 8.56. The average molecular weight is 318 g/mol. The summed E-state index contributed by atoms with van der Waals surface area (Å²) in [7, 11) is 0. The van der Waals surface area contributed by atoms with Gasteiger partial charge in [-0.1, -0.05) is 29.8 Å². The van der Waals surface area contributed by atoms with E-state index in [0.29, 0.717) is 0 Å². The molecule has 4 nitrogen and oxygen atoms in total. The normalized spacial score (nSPS) is 19.7. The quantitative estimate of drug-likeness (QED) is 0.911. The summed E-state index contributed by atoms with van der Waals surface area (Å²) in [4.78, 5) is 14.2. The van der Waals surface area contributed by atoms with Crippen LogP contribution in [0.5, 0.6) is 0 Å². The Morgan fingerprint density at radius 3 is 2.61 bits per heavy atom. The van der Waals surface area contributed by atoms with Crippen molar-refractivity contribution in [1.29, 1.82) is 0 Å². The molecule has 0 radical (unpaired) electrons. The molecule has 0 spiro atoms. The van der Waals surface area contributed by atoms with E-state index in [1.165, 1.54) is 11.1 Å². The van der Waals surface area contributed by atoms with Crippen LogP contribution in [0.3, 0.4) is 0 Å². The number of aryl methyl sites for hydroxylation is 1. The number of benzene rings is 1. The van der Waals surface area contributed by atoms with Gasteiger partial charge in [-0.05, 0) is 53.0 Å². The van der Waals surface area contributed by atoms with Gasteiger partial charge in [-0.25, -0.2) is 4.79 Å². The Morgan fingerprint density at radius 1 is 1.35 bits per heavy atom. The van der Waals surface area contributed by atoms with Crippen LogP contribution in [0.15, 0.2) is 24.3 Å². The molecule has 1 amide bonds. The third kappa shape index (κ3) is 5.24. The Bertz CT molecular complexity index is 519. The van der Waals surface area contributed by atoms with Gasteiger partial charge in [0.2, 0.25) is 0 Å². The molecule has 128 valence electrons. The minimum Gasteiger partial charge on any atom is -0.444 e. The van der Waals surface area contributed by atoms with E-state index in [2.05, 4.69) is 43.4 Å².